The average molecular weight is 420 g/mol. The van der Waals surface area contributed by atoms with Gasteiger partial charge < -0.3 is 29.6 Å². The smallest absolute Gasteiger partial charge is 0.298 e. The number of fused-ring (bicyclic) bond motifs is 1. The van der Waals surface area contributed by atoms with Crippen LogP contribution in [0, 0.1) is 0 Å². The number of hydrogen-bond donors (Lipinski definition) is 2. The third-order valence-corrected chi connectivity index (χ3v) is 5.63. The molecule has 1 aromatic carbocycles. The molecule has 160 valence electrons. The van der Waals surface area contributed by atoms with E-state index in [1.807, 2.05) is 29.2 Å². The normalized spacial score (nSPS) is 15.6. The summed E-state index contributed by atoms with van der Waals surface area (Å²) >= 11 is 0. The van der Waals surface area contributed by atoms with E-state index in [-0.39, 0.29) is 11.7 Å². The van der Waals surface area contributed by atoms with Gasteiger partial charge in [-0.1, -0.05) is 6.07 Å². The second kappa shape index (κ2) is 8.27. The largest absolute Gasteiger partial charge is 0.497 e. The molecular weight excluding hydrogens is 396 g/mol. The number of hydrogen-bond acceptors (Lipinski definition) is 8. The zero-order valence-electron chi connectivity index (χ0n) is 17.3. The molecule has 9 nitrogen and oxygen atoms in total. The topological polar surface area (TPSA) is 95.8 Å². The number of anilines is 3. The SMILES string of the molecule is COc1ccc2c(c1)CN(c1ncc(C(=O)Nc3cnccc3N3CCNCC3)o1)C2. The Kier molecular flexibility index (Phi) is 5.17. The summed E-state index contributed by atoms with van der Waals surface area (Å²) in [6.07, 6.45) is 4.87. The van der Waals surface area contributed by atoms with E-state index < -0.39 is 0 Å². The molecule has 0 saturated carbocycles. The van der Waals surface area contributed by atoms with Gasteiger partial charge in [0.1, 0.15) is 5.75 Å². The molecule has 0 unspecified atom stereocenters. The molecule has 2 aliphatic rings. The molecule has 9 heteroatoms. The number of piperazine rings is 1. The van der Waals surface area contributed by atoms with Crippen molar-refractivity contribution in [2.75, 3.05) is 48.4 Å². The van der Waals surface area contributed by atoms with Crippen molar-refractivity contribution in [1.82, 2.24) is 15.3 Å². The highest BCUT2D eigenvalue weighted by molar-refractivity contribution is 6.04. The molecule has 0 radical (unpaired) electrons. The summed E-state index contributed by atoms with van der Waals surface area (Å²) in [7, 11) is 1.66. The molecular formula is C22H24N6O3. The second-order valence-corrected chi connectivity index (χ2v) is 7.58. The van der Waals surface area contributed by atoms with Crippen molar-refractivity contribution in [1.29, 1.82) is 0 Å². The predicted molar refractivity (Wildman–Crippen MR) is 117 cm³/mol. The van der Waals surface area contributed by atoms with Crippen molar-refractivity contribution in [2.45, 2.75) is 13.1 Å². The van der Waals surface area contributed by atoms with Gasteiger partial charge in [0.15, 0.2) is 0 Å². The molecule has 0 spiro atoms. The molecule has 2 aromatic heterocycles. The average Bonchev–Trinajstić information content (AvgIpc) is 3.47. The second-order valence-electron chi connectivity index (χ2n) is 7.58. The number of carbonyl (C=O) groups is 1. The van der Waals surface area contributed by atoms with Crippen molar-refractivity contribution in [3.8, 4) is 5.75 Å². The lowest BCUT2D eigenvalue weighted by molar-refractivity contribution is 0.0997. The highest BCUT2D eigenvalue weighted by atomic mass is 16.5. The van der Waals surface area contributed by atoms with Gasteiger partial charge in [0, 0.05) is 45.5 Å². The molecule has 2 aliphatic heterocycles. The van der Waals surface area contributed by atoms with Gasteiger partial charge in [0.2, 0.25) is 5.76 Å². The minimum atomic E-state index is -0.346. The van der Waals surface area contributed by atoms with Crippen LogP contribution in [-0.2, 0) is 13.1 Å². The Morgan fingerprint density at radius 3 is 2.81 bits per heavy atom. The number of oxazole rings is 1. The molecule has 0 atom stereocenters. The van der Waals surface area contributed by atoms with Crippen LogP contribution in [0.1, 0.15) is 21.7 Å². The fraction of sp³-hybridized carbons (Fsp3) is 0.318. The van der Waals surface area contributed by atoms with Crippen LogP contribution in [0.4, 0.5) is 17.4 Å². The fourth-order valence-corrected chi connectivity index (χ4v) is 4.00. The molecule has 1 fully saturated rings. The van der Waals surface area contributed by atoms with Gasteiger partial charge in [-0.25, -0.2) is 4.98 Å². The Morgan fingerprint density at radius 2 is 1.97 bits per heavy atom. The fourth-order valence-electron chi connectivity index (χ4n) is 4.00. The highest BCUT2D eigenvalue weighted by Crippen LogP contribution is 2.31. The van der Waals surface area contributed by atoms with Crippen molar-refractivity contribution in [2.24, 2.45) is 0 Å². The van der Waals surface area contributed by atoms with E-state index in [9.17, 15) is 4.79 Å². The van der Waals surface area contributed by atoms with Gasteiger partial charge in [-0.15, -0.1) is 0 Å². The number of ether oxygens (including phenoxy) is 1. The summed E-state index contributed by atoms with van der Waals surface area (Å²) in [6, 6.07) is 8.36. The summed E-state index contributed by atoms with van der Waals surface area (Å²) in [6.45, 7) is 4.90. The van der Waals surface area contributed by atoms with Crippen molar-refractivity contribution < 1.29 is 13.9 Å². The number of aromatic nitrogens is 2. The quantitative estimate of drug-likeness (QED) is 0.649. The summed E-state index contributed by atoms with van der Waals surface area (Å²) in [5.41, 5.74) is 3.97. The van der Waals surface area contributed by atoms with E-state index in [2.05, 4.69) is 25.5 Å². The van der Waals surface area contributed by atoms with Gasteiger partial charge in [-0.2, -0.15) is 0 Å². The van der Waals surface area contributed by atoms with Crippen LogP contribution in [-0.4, -0.2) is 49.2 Å². The first-order valence-electron chi connectivity index (χ1n) is 10.3. The summed E-state index contributed by atoms with van der Waals surface area (Å²) in [5.74, 6) is 0.644. The molecule has 31 heavy (non-hydrogen) atoms. The molecule has 1 amide bonds. The zero-order valence-corrected chi connectivity index (χ0v) is 17.3. The van der Waals surface area contributed by atoms with Gasteiger partial charge in [0.25, 0.3) is 11.9 Å². The summed E-state index contributed by atoms with van der Waals surface area (Å²) in [4.78, 5) is 25.6. The minimum absolute atomic E-state index is 0.165. The van der Waals surface area contributed by atoms with E-state index in [4.69, 9.17) is 9.15 Å². The van der Waals surface area contributed by atoms with Gasteiger partial charge in [-0.05, 0) is 29.3 Å². The Hall–Kier alpha value is -3.59. The van der Waals surface area contributed by atoms with E-state index in [0.29, 0.717) is 24.8 Å². The van der Waals surface area contributed by atoms with Gasteiger partial charge >= 0.3 is 0 Å². The maximum atomic E-state index is 12.8. The Bertz CT molecular complexity index is 1090. The lowest BCUT2D eigenvalue weighted by atomic mass is 10.1. The van der Waals surface area contributed by atoms with Crippen molar-refractivity contribution in [3.05, 3.63) is 59.7 Å². The van der Waals surface area contributed by atoms with Gasteiger partial charge in [-0.3, -0.25) is 9.78 Å². The van der Waals surface area contributed by atoms with Crippen molar-refractivity contribution >= 4 is 23.3 Å². The number of amides is 1. The predicted octanol–water partition coefficient (Wildman–Crippen LogP) is 2.26. The van der Waals surface area contributed by atoms with E-state index in [1.54, 1.807) is 19.5 Å². The van der Waals surface area contributed by atoms with E-state index >= 15 is 0 Å². The molecule has 5 rings (SSSR count). The van der Waals surface area contributed by atoms with Crippen LogP contribution in [0.15, 0.2) is 47.3 Å². The lowest BCUT2D eigenvalue weighted by Crippen LogP contribution is -2.43. The maximum absolute atomic E-state index is 12.8. The molecule has 2 N–H and O–H groups in total. The van der Waals surface area contributed by atoms with Crippen LogP contribution in [0.2, 0.25) is 0 Å². The number of nitrogens with zero attached hydrogens (tertiary/aromatic N) is 4. The van der Waals surface area contributed by atoms with Crippen molar-refractivity contribution in [3.63, 3.8) is 0 Å². The van der Waals surface area contributed by atoms with Gasteiger partial charge in [0.05, 0.1) is 30.9 Å². The molecule has 1 saturated heterocycles. The van der Waals surface area contributed by atoms with Crippen LogP contribution >= 0.6 is 0 Å². The number of benzene rings is 1. The van der Waals surface area contributed by atoms with Crippen LogP contribution in [0.3, 0.4) is 0 Å². The van der Waals surface area contributed by atoms with E-state index in [0.717, 1.165) is 37.6 Å². The third kappa shape index (κ3) is 3.91. The minimum Gasteiger partial charge on any atom is -0.497 e. The first kappa shape index (κ1) is 19.4. The lowest BCUT2D eigenvalue weighted by Gasteiger charge is -2.30. The summed E-state index contributed by atoms with van der Waals surface area (Å²) < 4.78 is 11.1. The molecule has 4 heterocycles. The maximum Gasteiger partial charge on any atom is 0.298 e. The standard InChI is InChI=1S/C22H24N6O3/c1-30-17-3-2-15-13-28(14-16(15)10-17)22-25-12-20(31-22)21(29)26-18-11-24-5-4-19(18)27-8-6-23-7-9-27/h2-5,10-12,23H,6-9,13-14H2,1H3,(H,26,29). The van der Waals surface area contributed by atoms with E-state index in [1.165, 1.54) is 17.3 Å². The number of nitrogens with one attached hydrogen (secondary N) is 2. The first-order valence-corrected chi connectivity index (χ1v) is 10.3. The van der Waals surface area contributed by atoms with Crippen LogP contribution in [0.25, 0.3) is 0 Å². The zero-order chi connectivity index (χ0) is 21.2. The number of carbonyl (C=O) groups excluding carboxylic acids is 1. The number of methoxy groups -OCH3 is 1. The number of pyridine rings is 1. The third-order valence-electron chi connectivity index (χ3n) is 5.63. The van der Waals surface area contributed by atoms with Crippen LogP contribution in [0.5, 0.6) is 5.75 Å². The highest BCUT2D eigenvalue weighted by Gasteiger charge is 2.25. The summed E-state index contributed by atoms with van der Waals surface area (Å²) in [5, 5.41) is 6.26. The molecule has 0 aliphatic carbocycles. The Morgan fingerprint density at radius 1 is 1.13 bits per heavy atom. The monoisotopic (exact) mass is 420 g/mol. The number of rotatable bonds is 5. The van der Waals surface area contributed by atoms with Crippen LogP contribution < -0.4 is 25.2 Å². The molecule has 0 bridgehead atoms. The Balaban J connectivity index is 1.29. The molecule has 3 aromatic rings. The Labute approximate surface area is 180 Å². The first-order chi connectivity index (χ1) is 15.2.